The van der Waals surface area contributed by atoms with E-state index in [1.165, 1.54) is 0 Å². The highest BCUT2D eigenvalue weighted by atomic mass is 16.2. The van der Waals surface area contributed by atoms with Gasteiger partial charge in [0.2, 0.25) is 6.41 Å². The molecule has 114 valence electrons. The number of carbonyl (C=O) groups excluding carboxylic acids is 3. The van der Waals surface area contributed by atoms with Crippen molar-refractivity contribution in [2.75, 3.05) is 19.6 Å². The Bertz CT molecular complexity index is 485. The number of nitrogens with zero attached hydrogens (tertiary/aromatic N) is 1. The molecular formula is C15H21N3O3. The van der Waals surface area contributed by atoms with Gasteiger partial charge in [0.05, 0.1) is 0 Å². The highest BCUT2D eigenvalue weighted by Crippen LogP contribution is 2.05. The molecule has 0 unspecified atom stereocenters. The zero-order valence-electron chi connectivity index (χ0n) is 12.2. The van der Waals surface area contributed by atoms with E-state index in [0.29, 0.717) is 24.9 Å². The van der Waals surface area contributed by atoms with Crippen LogP contribution in [0.4, 0.5) is 4.79 Å². The van der Waals surface area contributed by atoms with E-state index in [9.17, 15) is 14.4 Å². The summed E-state index contributed by atoms with van der Waals surface area (Å²) in [6.45, 7) is 2.82. The molecule has 21 heavy (non-hydrogen) atoms. The Kier molecular flexibility index (Phi) is 7.11. The normalized spacial score (nSPS) is 10.0. The number of ketones is 1. The lowest BCUT2D eigenvalue weighted by atomic mass is 10.1. The fourth-order valence-corrected chi connectivity index (χ4v) is 1.73. The van der Waals surface area contributed by atoms with Crippen LogP contribution >= 0.6 is 0 Å². The van der Waals surface area contributed by atoms with Gasteiger partial charge in [-0.25, -0.2) is 4.79 Å². The zero-order valence-corrected chi connectivity index (χ0v) is 12.2. The molecule has 0 aromatic heterocycles. The highest BCUT2D eigenvalue weighted by molar-refractivity contribution is 5.96. The van der Waals surface area contributed by atoms with Gasteiger partial charge in [0.25, 0.3) is 0 Å². The molecule has 1 rings (SSSR count). The van der Waals surface area contributed by atoms with Crippen LogP contribution in [0.2, 0.25) is 0 Å². The number of hydrogen-bond acceptors (Lipinski definition) is 4. The smallest absolute Gasteiger partial charge is 0.323 e. The number of amides is 3. The summed E-state index contributed by atoms with van der Waals surface area (Å²) >= 11 is 0. The van der Waals surface area contributed by atoms with Crippen molar-refractivity contribution in [3.63, 3.8) is 0 Å². The Morgan fingerprint density at radius 2 is 1.95 bits per heavy atom. The van der Waals surface area contributed by atoms with Gasteiger partial charge in [-0.15, -0.1) is 0 Å². The summed E-state index contributed by atoms with van der Waals surface area (Å²) < 4.78 is 0. The molecule has 0 aliphatic rings. The highest BCUT2D eigenvalue weighted by Gasteiger charge is 2.12. The molecule has 0 spiro atoms. The Morgan fingerprint density at radius 3 is 2.52 bits per heavy atom. The number of Topliss-reactive ketones (excluding diaryl/α,β-unsaturated/α-hetero) is 1. The zero-order chi connectivity index (χ0) is 15.7. The minimum atomic E-state index is -0.504. The number of rotatable bonds is 8. The first kappa shape index (κ1) is 16.8. The minimum absolute atomic E-state index is 0.0464. The van der Waals surface area contributed by atoms with E-state index in [0.717, 1.165) is 10.5 Å². The molecule has 0 saturated heterocycles. The van der Waals surface area contributed by atoms with E-state index in [4.69, 9.17) is 5.73 Å². The van der Waals surface area contributed by atoms with Crippen molar-refractivity contribution < 1.29 is 14.4 Å². The van der Waals surface area contributed by atoms with Crippen LogP contribution in [0.25, 0.3) is 0 Å². The Labute approximate surface area is 124 Å². The van der Waals surface area contributed by atoms with E-state index >= 15 is 0 Å². The molecule has 1 aromatic carbocycles. The molecule has 0 fully saturated rings. The average molecular weight is 291 g/mol. The van der Waals surface area contributed by atoms with Crippen molar-refractivity contribution in [2.45, 2.75) is 19.8 Å². The summed E-state index contributed by atoms with van der Waals surface area (Å²) in [6, 6.07) is 6.76. The third-order valence-electron chi connectivity index (χ3n) is 2.99. The van der Waals surface area contributed by atoms with Gasteiger partial charge in [0.1, 0.15) is 0 Å². The first-order valence-electron chi connectivity index (χ1n) is 6.88. The van der Waals surface area contributed by atoms with Crippen molar-refractivity contribution in [2.24, 2.45) is 5.73 Å². The van der Waals surface area contributed by atoms with Crippen LogP contribution in [0.3, 0.4) is 0 Å². The molecule has 0 heterocycles. The molecule has 6 nitrogen and oxygen atoms in total. The van der Waals surface area contributed by atoms with E-state index in [1.807, 2.05) is 19.1 Å². The molecular weight excluding hydrogens is 270 g/mol. The molecule has 6 heteroatoms. The van der Waals surface area contributed by atoms with E-state index in [-0.39, 0.29) is 25.3 Å². The maximum atomic E-state index is 11.9. The van der Waals surface area contributed by atoms with Crippen molar-refractivity contribution in [3.05, 3.63) is 35.4 Å². The summed E-state index contributed by atoms with van der Waals surface area (Å²) in [4.78, 5) is 35.3. The largest absolute Gasteiger partial charge is 0.337 e. The van der Waals surface area contributed by atoms with Gasteiger partial charge in [0, 0.05) is 25.1 Å². The molecule has 3 N–H and O–H groups in total. The first-order valence-corrected chi connectivity index (χ1v) is 6.88. The fraction of sp³-hybridized carbons (Fsp3) is 0.400. The fourth-order valence-electron chi connectivity index (χ4n) is 1.73. The molecule has 0 saturated carbocycles. The maximum Gasteiger partial charge on any atom is 0.323 e. The molecule has 0 aliphatic carbocycles. The third kappa shape index (κ3) is 5.74. The standard InChI is InChI=1S/C15H21N3O3/c1-12-3-5-13(6-4-12)14(20)7-9-17-15(21)18(11-19)10-2-8-16/h3-6,11H,2,7-10,16H2,1H3,(H,17,21). The molecule has 0 radical (unpaired) electrons. The van der Waals surface area contributed by atoms with Gasteiger partial charge >= 0.3 is 6.03 Å². The number of imide groups is 1. The molecule has 1 aromatic rings. The summed E-state index contributed by atoms with van der Waals surface area (Å²) in [5.74, 6) is -0.0464. The lowest BCUT2D eigenvalue weighted by molar-refractivity contribution is -0.115. The lowest BCUT2D eigenvalue weighted by Crippen LogP contribution is -2.40. The predicted molar refractivity (Wildman–Crippen MR) is 80.0 cm³/mol. The molecule has 0 atom stereocenters. The van der Waals surface area contributed by atoms with Crippen LogP contribution in [0.15, 0.2) is 24.3 Å². The van der Waals surface area contributed by atoms with Crippen molar-refractivity contribution in [1.29, 1.82) is 0 Å². The van der Waals surface area contributed by atoms with Crippen LogP contribution in [0.1, 0.15) is 28.8 Å². The van der Waals surface area contributed by atoms with Crippen LogP contribution in [-0.4, -0.2) is 42.8 Å². The van der Waals surface area contributed by atoms with Crippen LogP contribution < -0.4 is 11.1 Å². The van der Waals surface area contributed by atoms with Gasteiger partial charge in [-0.2, -0.15) is 0 Å². The van der Waals surface area contributed by atoms with Gasteiger partial charge < -0.3 is 11.1 Å². The Morgan fingerprint density at radius 1 is 1.29 bits per heavy atom. The van der Waals surface area contributed by atoms with Gasteiger partial charge in [-0.05, 0) is 19.9 Å². The van der Waals surface area contributed by atoms with Gasteiger partial charge in [-0.1, -0.05) is 29.8 Å². The van der Waals surface area contributed by atoms with Crippen LogP contribution in [0, 0.1) is 6.92 Å². The Balaban J connectivity index is 2.38. The van der Waals surface area contributed by atoms with E-state index < -0.39 is 6.03 Å². The van der Waals surface area contributed by atoms with E-state index in [1.54, 1.807) is 12.1 Å². The number of aryl methyl sites for hydroxylation is 1. The molecule has 3 amide bonds. The Hall–Kier alpha value is -2.21. The summed E-state index contributed by atoms with van der Waals surface area (Å²) in [6.07, 6.45) is 1.21. The summed E-state index contributed by atoms with van der Waals surface area (Å²) in [7, 11) is 0. The van der Waals surface area contributed by atoms with Crippen molar-refractivity contribution >= 4 is 18.2 Å². The summed E-state index contributed by atoms with van der Waals surface area (Å²) in [5.41, 5.74) is 7.03. The number of urea groups is 1. The second kappa shape index (κ2) is 8.86. The molecule has 0 bridgehead atoms. The van der Waals surface area contributed by atoms with Gasteiger partial charge in [-0.3, -0.25) is 14.5 Å². The quantitative estimate of drug-likeness (QED) is 0.554. The summed E-state index contributed by atoms with van der Waals surface area (Å²) in [5, 5.41) is 2.55. The monoisotopic (exact) mass is 291 g/mol. The number of hydrogen-bond donors (Lipinski definition) is 2. The van der Waals surface area contributed by atoms with Crippen LogP contribution in [0.5, 0.6) is 0 Å². The topological polar surface area (TPSA) is 92.5 Å². The number of carbonyl (C=O) groups is 3. The first-order chi connectivity index (χ1) is 10.1. The maximum absolute atomic E-state index is 11.9. The molecule has 0 aliphatic heterocycles. The number of benzene rings is 1. The average Bonchev–Trinajstić information content (AvgIpc) is 2.48. The van der Waals surface area contributed by atoms with Crippen molar-refractivity contribution in [1.82, 2.24) is 10.2 Å². The minimum Gasteiger partial charge on any atom is -0.337 e. The second-order valence-electron chi connectivity index (χ2n) is 4.71. The SMILES string of the molecule is Cc1ccc(C(=O)CCNC(=O)N(C=O)CCCN)cc1. The third-order valence-corrected chi connectivity index (χ3v) is 2.99. The lowest BCUT2D eigenvalue weighted by Gasteiger charge is -2.15. The van der Waals surface area contributed by atoms with Gasteiger partial charge in [0.15, 0.2) is 5.78 Å². The predicted octanol–water partition coefficient (Wildman–Crippen LogP) is 1.08. The van der Waals surface area contributed by atoms with Crippen LogP contribution in [-0.2, 0) is 4.79 Å². The van der Waals surface area contributed by atoms with Crippen molar-refractivity contribution in [3.8, 4) is 0 Å². The number of nitrogens with two attached hydrogens (primary N) is 1. The number of nitrogens with one attached hydrogen (secondary N) is 1. The van der Waals surface area contributed by atoms with E-state index in [2.05, 4.69) is 5.32 Å². The second-order valence-corrected chi connectivity index (χ2v) is 4.71.